The second-order valence-electron chi connectivity index (χ2n) is 2.00. The predicted molar refractivity (Wildman–Crippen MR) is 45.7 cm³/mol. The Hall–Kier alpha value is 0.200. The molecular formula is C5H11IN2. The van der Waals surface area contributed by atoms with Crippen molar-refractivity contribution in [3.8, 4) is 0 Å². The van der Waals surface area contributed by atoms with Crippen LogP contribution in [0, 0.1) is 5.92 Å². The van der Waals surface area contributed by atoms with Crippen molar-refractivity contribution >= 4 is 29.8 Å². The van der Waals surface area contributed by atoms with Crippen molar-refractivity contribution in [2.24, 2.45) is 16.6 Å². The molecule has 0 bridgehead atoms. The van der Waals surface area contributed by atoms with E-state index in [0.29, 0.717) is 5.92 Å². The Kier molecular flexibility index (Phi) is 3.35. The number of aliphatic imine (C=N–C) groups is 1. The Morgan fingerprint density at radius 3 is 2.50 bits per heavy atom. The Morgan fingerprint density at radius 2 is 2.38 bits per heavy atom. The fraction of sp³-hybridized carbons (Fsp3) is 0.800. The largest absolute Gasteiger partial charge is 0.387 e. The maximum absolute atomic E-state index is 5.43. The van der Waals surface area contributed by atoms with Gasteiger partial charge >= 0.3 is 0 Å². The van der Waals surface area contributed by atoms with E-state index in [2.05, 4.69) is 11.9 Å². The molecule has 0 aromatic carbocycles. The maximum atomic E-state index is 5.43. The highest BCUT2D eigenvalue weighted by molar-refractivity contribution is 14.0. The molecule has 8 heavy (non-hydrogen) atoms. The van der Waals surface area contributed by atoms with E-state index in [1.165, 1.54) is 0 Å². The van der Waals surface area contributed by atoms with Gasteiger partial charge in [-0.05, 0) is 6.42 Å². The van der Waals surface area contributed by atoms with Crippen molar-refractivity contribution < 1.29 is 0 Å². The summed E-state index contributed by atoms with van der Waals surface area (Å²) in [5.41, 5.74) is 5.43. The van der Waals surface area contributed by atoms with Gasteiger partial charge in [0, 0.05) is 12.5 Å². The lowest BCUT2D eigenvalue weighted by molar-refractivity contribution is 0.746. The molecule has 2 N–H and O–H groups in total. The highest BCUT2D eigenvalue weighted by atomic mass is 127. The van der Waals surface area contributed by atoms with Crippen LogP contribution in [0.15, 0.2) is 4.99 Å². The van der Waals surface area contributed by atoms with Gasteiger partial charge in [0.15, 0.2) is 0 Å². The molecular weight excluding hydrogens is 215 g/mol. The molecule has 1 aliphatic heterocycles. The van der Waals surface area contributed by atoms with Crippen LogP contribution in [0.4, 0.5) is 0 Å². The highest BCUT2D eigenvalue weighted by Gasteiger charge is 2.10. The van der Waals surface area contributed by atoms with Crippen LogP contribution < -0.4 is 5.73 Å². The van der Waals surface area contributed by atoms with Crippen molar-refractivity contribution in [2.45, 2.75) is 13.3 Å². The summed E-state index contributed by atoms with van der Waals surface area (Å²) in [6, 6.07) is 0. The zero-order chi connectivity index (χ0) is 5.28. The molecule has 0 aromatic rings. The second-order valence-corrected chi connectivity index (χ2v) is 2.00. The number of halogens is 1. The van der Waals surface area contributed by atoms with Gasteiger partial charge in [-0.25, -0.2) is 0 Å². The third kappa shape index (κ3) is 1.61. The topological polar surface area (TPSA) is 38.4 Å². The monoisotopic (exact) mass is 226 g/mol. The minimum Gasteiger partial charge on any atom is -0.387 e. The van der Waals surface area contributed by atoms with E-state index in [1.54, 1.807) is 0 Å². The summed E-state index contributed by atoms with van der Waals surface area (Å²) in [4.78, 5) is 4.01. The summed E-state index contributed by atoms with van der Waals surface area (Å²) < 4.78 is 0. The van der Waals surface area contributed by atoms with Crippen molar-refractivity contribution in [3.05, 3.63) is 0 Å². The van der Waals surface area contributed by atoms with Crippen LogP contribution in [-0.4, -0.2) is 12.4 Å². The summed E-state index contributed by atoms with van der Waals surface area (Å²) in [6.07, 6.45) is 1.14. The van der Waals surface area contributed by atoms with Gasteiger partial charge in [-0.15, -0.1) is 24.0 Å². The standard InChI is InChI=1S/C5H10N2.HI/c1-4-2-3-7-5(4)6;/h4H,2-3H2,1H3,(H2,6,7);1H. The van der Waals surface area contributed by atoms with Gasteiger partial charge in [-0.1, -0.05) is 6.92 Å². The van der Waals surface area contributed by atoms with Crippen LogP contribution in [0.3, 0.4) is 0 Å². The first-order valence-corrected chi connectivity index (χ1v) is 2.60. The molecule has 48 valence electrons. The van der Waals surface area contributed by atoms with E-state index in [0.717, 1.165) is 18.8 Å². The first-order valence-electron chi connectivity index (χ1n) is 2.60. The predicted octanol–water partition coefficient (Wildman–Crippen LogP) is 1.00. The van der Waals surface area contributed by atoms with Crippen molar-refractivity contribution in [1.29, 1.82) is 0 Å². The van der Waals surface area contributed by atoms with Crippen LogP contribution >= 0.6 is 24.0 Å². The number of nitrogens with two attached hydrogens (primary N) is 1. The molecule has 1 heterocycles. The first-order chi connectivity index (χ1) is 3.30. The lowest BCUT2D eigenvalue weighted by Crippen LogP contribution is -2.15. The summed E-state index contributed by atoms with van der Waals surface area (Å²) in [7, 11) is 0. The molecule has 0 fully saturated rings. The zero-order valence-electron chi connectivity index (χ0n) is 4.92. The van der Waals surface area contributed by atoms with Crippen LogP contribution in [0.1, 0.15) is 13.3 Å². The van der Waals surface area contributed by atoms with Gasteiger partial charge < -0.3 is 5.73 Å². The van der Waals surface area contributed by atoms with Gasteiger partial charge in [-0.3, -0.25) is 4.99 Å². The smallest absolute Gasteiger partial charge is 0.0966 e. The molecule has 1 atom stereocenters. The Labute approximate surface area is 66.6 Å². The Morgan fingerprint density at radius 1 is 1.75 bits per heavy atom. The van der Waals surface area contributed by atoms with Gasteiger partial charge in [0.25, 0.3) is 0 Å². The minimum atomic E-state index is 0. The second kappa shape index (κ2) is 3.27. The number of hydrogen-bond acceptors (Lipinski definition) is 2. The Balaban J connectivity index is 0.000000490. The van der Waals surface area contributed by atoms with Crippen molar-refractivity contribution in [3.63, 3.8) is 0 Å². The summed E-state index contributed by atoms with van der Waals surface area (Å²) in [5, 5.41) is 0. The summed E-state index contributed by atoms with van der Waals surface area (Å²) in [6.45, 7) is 3.04. The third-order valence-electron chi connectivity index (χ3n) is 1.36. The van der Waals surface area contributed by atoms with E-state index in [1.807, 2.05) is 0 Å². The molecule has 0 spiro atoms. The van der Waals surface area contributed by atoms with Crippen LogP contribution in [0.25, 0.3) is 0 Å². The van der Waals surface area contributed by atoms with E-state index in [9.17, 15) is 0 Å². The Bertz CT molecular complexity index is 101. The fourth-order valence-corrected chi connectivity index (χ4v) is 0.691. The van der Waals surface area contributed by atoms with Crippen LogP contribution in [-0.2, 0) is 0 Å². The molecule has 3 heteroatoms. The molecule has 2 nitrogen and oxygen atoms in total. The van der Waals surface area contributed by atoms with Crippen LogP contribution in [0.2, 0.25) is 0 Å². The molecule has 0 saturated heterocycles. The average molecular weight is 226 g/mol. The average Bonchev–Trinajstić information content (AvgIpc) is 1.91. The number of amidine groups is 1. The molecule has 0 aliphatic carbocycles. The third-order valence-corrected chi connectivity index (χ3v) is 1.36. The zero-order valence-corrected chi connectivity index (χ0v) is 7.25. The van der Waals surface area contributed by atoms with E-state index in [4.69, 9.17) is 5.73 Å². The maximum Gasteiger partial charge on any atom is 0.0966 e. The molecule has 1 unspecified atom stereocenters. The molecule has 0 saturated carbocycles. The lowest BCUT2D eigenvalue weighted by Gasteiger charge is -1.95. The summed E-state index contributed by atoms with van der Waals surface area (Å²) in [5.74, 6) is 1.38. The van der Waals surface area contributed by atoms with Gasteiger partial charge in [0.2, 0.25) is 0 Å². The van der Waals surface area contributed by atoms with Crippen molar-refractivity contribution in [2.75, 3.05) is 6.54 Å². The molecule has 0 aromatic heterocycles. The number of rotatable bonds is 0. The quantitative estimate of drug-likeness (QED) is 0.615. The molecule has 0 amide bonds. The lowest BCUT2D eigenvalue weighted by atomic mass is 10.1. The molecule has 0 radical (unpaired) electrons. The highest BCUT2D eigenvalue weighted by Crippen LogP contribution is 2.07. The van der Waals surface area contributed by atoms with E-state index >= 15 is 0 Å². The van der Waals surface area contributed by atoms with Gasteiger partial charge in [-0.2, -0.15) is 0 Å². The van der Waals surface area contributed by atoms with E-state index < -0.39 is 0 Å². The minimum absolute atomic E-state index is 0. The van der Waals surface area contributed by atoms with Gasteiger partial charge in [0.1, 0.15) is 0 Å². The molecule has 1 rings (SSSR count). The van der Waals surface area contributed by atoms with Crippen LogP contribution in [0.5, 0.6) is 0 Å². The summed E-state index contributed by atoms with van der Waals surface area (Å²) >= 11 is 0. The number of hydrogen-bond donors (Lipinski definition) is 1. The normalized spacial score (nSPS) is 26.6. The van der Waals surface area contributed by atoms with Gasteiger partial charge in [0.05, 0.1) is 5.84 Å². The van der Waals surface area contributed by atoms with E-state index in [-0.39, 0.29) is 24.0 Å². The fourth-order valence-electron chi connectivity index (χ4n) is 0.691. The first kappa shape index (κ1) is 8.20. The number of nitrogens with zero attached hydrogens (tertiary/aromatic N) is 1. The SMILES string of the molecule is CC1CCN=C1N.I. The van der Waals surface area contributed by atoms with Crippen molar-refractivity contribution in [1.82, 2.24) is 0 Å². The molecule has 1 aliphatic rings.